The molecule has 4 nitrogen and oxygen atoms in total. The fourth-order valence-corrected chi connectivity index (χ4v) is 3.77. The summed E-state index contributed by atoms with van der Waals surface area (Å²) in [6, 6.07) is 0. The highest BCUT2D eigenvalue weighted by atomic mass is 16.5. The van der Waals surface area contributed by atoms with Crippen molar-refractivity contribution < 1.29 is 4.74 Å². The Morgan fingerprint density at radius 2 is 1.86 bits per heavy atom. The number of hydrogen-bond acceptors (Lipinski definition) is 3. The molecule has 2 heterocycles. The van der Waals surface area contributed by atoms with E-state index in [1.807, 2.05) is 6.08 Å². The first kappa shape index (κ1) is 14.6. The molecule has 1 aliphatic carbocycles. The maximum atomic E-state index is 6.44. The lowest BCUT2D eigenvalue weighted by atomic mass is 9.88. The second-order valence-electron chi connectivity index (χ2n) is 6.36. The number of imidazole rings is 1. The van der Waals surface area contributed by atoms with E-state index < -0.39 is 0 Å². The Kier molecular flexibility index (Phi) is 4.63. The minimum absolute atomic E-state index is 0.465. The third-order valence-electron chi connectivity index (χ3n) is 4.95. The predicted octanol–water partition coefficient (Wildman–Crippen LogP) is 3.59. The van der Waals surface area contributed by atoms with Crippen LogP contribution in [0.25, 0.3) is 0 Å². The molecule has 1 aliphatic heterocycles. The quantitative estimate of drug-likeness (QED) is 0.862. The Balaban J connectivity index is 1.91. The maximum absolute atomic E-state index is 6.44. The van der Waals surface area contributed by atoms with Crippen LogP contribution in [0.2, 0.25) is 0 Å². The van der Waals surface area contributed by atoms with Crippen LogP contribution in [0.1, 0.15) is 68.3 Å². The molecule has 0 aromatic carbocycles. The maximum Gasteiger partial charge on any atom is 0.127 e. The van der Waals surface area contributed by atoms with Crippen molar-refractivity contribution in [3.8, 4) is 0 Å². The summed E-state index contributed by atoms with van der Waals surface area (Å²) in [5.74, 6) is 3.11. The smallest absolute Gasteiger partial charge is 0.127 e. The summed E-state index contributed by atoms with van der Waals surface area (Å²) in [5.41, 5.74) is 7.55. The van der Waals surface area contributed by atoms with Gasteiger partial charge in [0.25, 0.3) is 0 Å². The number of hydrogen-bond donors (Lipinski definition) is 1. The molecule has 0 radical (unpaired) electrons. The van der Waals surface area contributed by atoms with E-state index in [-0.39, 0.29) is 0 Å². The minimum atomic E-state index is 0.465. The van der Waals surface area contributed by atoms with Crippen LogP contribution < -0.4 is 5.73 Å². The molecule has 0 unspecified atom stereocenters. The molecule has 2 fully saturated rings. The van der Waals surface area contributed by atoms with Gasteiger partial charge in [-0.25, -0.2) is 4.98 Å². The number of allylic oxidation sites excluding steroid dienone is 1. The van der Waals surface area contributed by atoms with Crippen molar-refractivity contribution >= 4 is 5.82 Å². The summed E-state index contributed by atoms with van der Waals surface area (Å²) >= 11 is 0. The third-order valence-corrected chi connectivity index (χ3v) is 4.95. The van der Waals surface area contributed by atoms with Gasteiger partial charge in [0.15, 0.2) is 0 Å². The fourth-order valence-electron chi connectivity index (χ4n) is 3.77. The molecule has 4 heteroatoms. The SMILES string of the molecule is C=CCn1c(C2CCCCC2)nc(C2CCOCC2)c1N. The second kappa shape index (κ2) is 6.65. The fraction of sp³-hybridized carbons (Fsp3) is 0.706. The zero-order chi connectivity index (χ0) is 14.7. The van der Waals surface area contributed by atoms with Gasteiger partial charge in [0.05, 0.1) is 5.69 Å². The highest BCUT2D eigenvalue weighted by molar-refractivity contribution is 5.42. The van der Waals surface area contributed by atoms with Gasteiger partial charge in [0.2, 0.25) is 0 Å². The van der Waals surface area contributed by atoms with Gasteiger partial charge < -0.3 is 15.0 Å². The zero-order valence-corrected chi connectivity index (χ0v) is 12.9. The van der Waals surface area contributed by atoms with Crippen molar-refractivity contribution in [3.05, 3.63) is 24.2 Å². The van der Waals surface area contributed by atoms with E-state index in [1.54, 1.807) is 0 Å². The standard InChI is InChI=1S/C17H27N3O/c1-2-10-20-16(18)15(13-8-11-21-12-9-13)19-17(20)14-6-4-3-5-7-14/h2,13-14H,1,3-12,18H2. The molecule has 0 atom stereocenters. The summed E-state index contributed by atoms with van der Waals surface area (Å²) in [6.45, 7) is 6.31. The Morgan fingerprint density at radius 3 is 2.52 bits per heavy atom. The number of nitrogens with zero attached hydrogens (tertiary/aromatic N) is 2. The number of nitrogen functional groups attached to an aromatic ring is 1. The van der Waals surface area contributed by atoms with Gasteiger partial charge >= 0.3 is 0 Å². The molecule has 1 aromatic heterocycles. The summed E-state index contributed by atoms with van der Waals surface area (Å²) in [5, 5.41) is 0. The van der Waals surface area contributed by atoms with Crippen LogP contribution >= 0.6 is 0 Å². The molecular weight excluding hydrogens is 262 g/mol. The third kappa shape index (κ3) is 3.00. The molecule has 0 spiro atoms. The number of ether oxygens (including phenoxy) is 1. The molecule has 1 saturated carbocycles. The van der Waals surface area contributed by atoms with Gasteiger partial charge in [0.1, 0.15) is 11.6 Å². The van der Waals surface area contributed by atoms with Crippen LogP contribution in [0.15, 0.2) is 12.7 Å². The number of rotatable bonds is 4. The van der Waals surface area contributed by atoms with Crippen molar-refractivity contribution in [2.24, 2.45) is 0 Å². The molecule has 0 amide bonds. The first-order valence-corrected chi connectivity index (χ1v) is 8.35. The number of nitrogens with two attached hydrogens (primary N) is 1. The molecule has 21 heavy (non-hydrogen) atoms. The summed E-state index contributed by atoms with van der Waals surface area (Å²) < 4.78 is 7.67. The summed E-state index contributed by atoms with van der Waals surface area (Å²) in [6.07, 6.45) is 10.5. The molecule has 2 aliphatic rings. The van der Waals surface area contributed by atoms with Crippen molar-refractivity contribution in [1.82, 2.24) is 9.55 Å². The van der Waals surface area contributed by atoms with E-state index in [9.17, 15) is 0 Å². The second-order valence-corrected chi connectivity index (χ2v) is 6.36. The van der Waals surface area contributed by atoms with Gasteiger partial charge in [0, 0.05) is 31.6 Å². The van der Waals surface area contributed by atoms with Crippen LogP contribution in [0, 0.1) is 0 Å². The lowest BCUT2D eigenvalue weighted by Gasteiger charge is -2.22. The largest absolute Gasteiger partial charge is 0.384 e. The van der Waals surface area contributed by atoms with Crippen LogP contribution in [0.4, 0.5) is 5.82 Å². The van der Waals surface area contributed by atoms with Gasteiger partial charge in [-0.15, -0.1) is 6.58 Å². The molecule has 2 N–H and O–H groups in total. The van der Waals surface area contributed by atoms with Crippen molar-refractivity contribution in [2.45, 2.75) is 63.3 Å². The Morgan fingerprint density at radius 1 is 1.14 bits per heavy atom. The highest BCUT2D eigenvalue weighted by Crippen LogP contribution is 2.37. The summed E-state index contributed by atoms with van der Waals surface area (Å²) in [7, 11) is 0. The Hall–Kier alpha value is -1.29. The lowest BCUT2D eigenvalue weighted by Crippen LogP contribution is -2.16. The van der Waals surface area contributed by atoms with E-state index in [0.717, 1.165) is 44.1 Å². The van der Waals surface area contributed by atoms with Gasteiger partial charge in [-0.2, -0.15) is 0 Å². The van der Waals surface area contributed by atoms with E-state index >= 15 is 0 Å². The van der Waals surface area contributed by atoms with Crippen molar-refractivity contribution in [3.63, 3.8) is 0 Å². The summed E-state index contributed by atoms with van der Waals surface area (Å²) in [4.78, 5) is 5.01. The number of aromatic nitrogens is 2. The van der Waals surface area contributed by atoms with Crippen molar-refractivity contribution in [1.29, 1.82) is 0 Å². The lowest BCUT2D eigenvalue weighted by molar-refractivity contribution is 0.0847. The van der Waals surface area contributed by atoms with E-state index in [4.69, 9.17) is 15.5 Å². The average Bonchev–Trinajstić information content (AvgIpc) is 2.87. The normalized spacial score (nSPS) is 21.5. The Labute approximate surface area is 127 Å². The van der Waals surface area contributed by atoms with Gasteiger partial charge in [-0.05, 0) is 25.7 Å². The van der Waals surface area contributed by atoms with E-state index in [2.05, 4.69) is 11.1 Å². The number of anilines is 1. The monoisotopic (exact) mass is 289 g/mol. The molecular formula is C17H27N3O. The molecule has 1 aromatic rings. The zero-order valence-electron chi connectivity index (χ0n) is 12.9. The van der Waals surface area contributed by atoms with Crippen LogP contribution in [0.5, 0.6) is 0 Å². The first-order chi connectivity index (χ1) is 10.3. The van der Waals surface area contributed by atoms with E-state index in [1.165, 1.54) is 37.9 Å². The van der Waals surface area contributed by atoms with E-state index in [0.29, 0.717) is 11.8 Å². The average molecular weight is 289 g/mol. The van der Waals surface area contributed by atoms with Gasteiger partial charge in [-0.1, -0.05) is 25.3 Å². The van der Waals surface area contributed by atoms with Crippen LogP contribution in [-0.4, -0.2) is 22.8 Å². The van der Waals surface area contributed by atoms with Crippen molar-refractivity contribution in [2.75, 3.05) is 18.9 Å². The molecule has 116 valence electrons. The van der Waals surface area contributed by atoms with Crippen LogP contribution in [-0.2, 0) is 11.3 Å². The topological polar surface area (TPSA) is 53.1 Å². The first-order valence-electron chi connectivity index (χ1n) is 8.35. The molecule has 3 rings (SSSR count). The molecule has 0 bridgehead atoms. The van der Waals surface area contributed by atoms with Gasteiger partial charge in [-0.3, -0.25) is 0 Å². The predicted molar refractivity (Wildman–Crippen MR) is 85.5 cm³/mol. The minimum Gasteiger partial charge on any atom is -0.384 e. The highest BCUT2D eigenvalue weighted by Gasteiger charge is 2.28. The Bertz CT molecular complexity index is 482. The molecule has 1 saturated heterocycles. The van der Waals surface area contributed by atoms with Crippen LogP contribution in [0.3, 0.4) is 0 Å².